The average Bonchev–Trinajstić information content (AvgIpc) is 3.06. The summed E-state index contributed by atoms with van der Waals surface area (Å²) in [7, 11) is 0.804. The lowest BCUT2D eigenvalue weighted by Crippen LogP contribution is -2.43. The van der Waals surface area contributed by atoms with Crippen molar-refractivity contribution in [3.8, 4) is 0 Å². The molecule has 0 saturated heterocycles. The van der Waals surface area contributed by atoms with E-state index in [1.54, 1.807) is 0 Å². The van der Waals surface area contributed by atoms with Crippen LogP contribution in [0.15, 0.2) is 0 Å². The number of ether oxygens (including phenoxy) is 1. The first-order valence-electron chi connectivity index (χ1n) is 20.7. The molecule has 9 nitrogen and oxygen atoms in total. The molecule has 0 bridgehead atoms. The second-order valence-corrected chi connectivity index (χ2v) is 16.8. The maximum absolute atomic E-state index is 13.3. The highest BCUT2D eigenvalue weighted by Gasteiger charge is 2.35. The SMILES string of the molecule is CCCCCCCCCCCCCCCCCC(=O)O[C@@H](CO)C(OP(=O)([O-])OCC[N+](C)(C)C)C(=O)CCCCCCCCCCCCC. The molecule has 10 heteroatoms. The number of aliphatic hydroxyl groups excluding tert-OH is 1. The number of aliphatic hydroxyl groups is 1. The molecule has 50 heavy (non-hydrogen) atoms. The van der Waals surface area contributed by atoms with E-state index in [0.717, 1.165) is 38.5 Å². The van der Waals surface area contributed by atoms with E-state index in [4.69, 9.17) is 13.8 Å². The Kier molecular flexibility index (Phi) is 32.2. The first kappa shape index (κ1) is 49.2. The molecule has 0 radical (unpaired) electrons. The van der Waals surface area contributed by atoms with Gasteiger partial charge in [-0.25, -0.2) is 0 Å². The molecule has 298 valence electrons. The van der Waals surface area contributed by atoms with Gasteiger partial charge in [0.25, 0.3) is 7.82 Å². The van der Waals surface area contributed by atoms with Crippen molar-refractivity contribution in [3.63, 3.8) is 0 Å². The topological polar surface area (TPSA) is 122 Å². The molecule has 1 N–H and O–H groups in total. The lowest BCUT2D eigenvalue weighted by molar-refractivity contribution is -0.870. The highest BCUT2D eigenvalue weighted by atomic mass is 31.2. The number of phosphoric ester groups is 1. The minimum absolute atomic E-state index is 0.0770. The summed E-state index contributed by atoms with van der Waals surface area (Å²) in [6.07, 6.45) is 27.8. The van der Waals surface area contributed by atoms with Crippen LogP contribution < -0.4 is 4.89 Å². The zero-order valence-corrected chi connectivity index (χ0v) is 34.2. The number of carbonyl (C=O) groups is 2. The second kappa shape index (κ2) is 32.8. The second-order valence-electron chi connectivity index (χ2n) is 15.5. The Morgan fingerprint density at radius 3 is 1.34 bits per heavy atom. The van der Waals surface area contributed by atoms with Crippen LogP contribution in [-0.4, -0.2) is 74.5 Å². The number of rotatable bonds is 38. The molecule has 0 aromatic rings. The zero-order chi connectivity index (χ0) is 37.4. The Labute approximate surface area is 308 Å². The third-order valence-electron chi connectivity index (χ3n) is 9.38. The number of likely N-dealkylation sites (N-methyl/N-ethyl adjacent to an activating group) is 1. The van der Waals surface area contributed by atoms with Gasteiger partial charge in [-0.15, -0.1) is 0 Å². The Balaban J connectivity index is 4.63. The number of carbonyl (C=O) groups excluding carboxylic acids is 2. The van der Waals surface area contributed by atoms with Crippen molar-refractivity contribution in [2.24, 2.45) is 0 Å². The number of phosphoric acid groups is 1. The predicted molar refractivity (Wildman–Crippen MR) is 204 cm³/mol. The number of Topliss-reactive ketones (excluding diaryl/α,β-unsaturated/α-hetero) is 1. The number of unbranched alkanes of at least 4 members (excludes halogenated alkanes) is 24. The third-order valence-corrected chi connectivity index (χ3v) is 10.4. The van der Waals surface area contributed by atoms with Crippen LogP contribution in [0.3, 0.4) is 0 Å². The van der Waals surface area contributed by atoms with Crippen molar-refractivity contribution in [1.82, 2.24) is 0 Å². The molecule has 0 aliphatic rings. The van der Waals surface area contributed by atoms with E-state index < -0.39 is 38.4 Å². The third kappa shape index (κ3) is 31.9. The van der Waals surface area contributed by atoms with Crippen LogP contribution in [0, 0.1) is 0 Å². The van der Waals surface area contributed by atoms with Gasteiger partial charge < -0.3 is 28.3 Å². The first-order valence-corrected chi connectivity index (χ1v) is 22.2. The Morgan fingerprint density at radius 2 is 0.980 bits per heavy atom. The van der Waals surface area contributed by atoms with Gasteiger partial charge in [0.15, 0.2) is 18.0 Å². The highest BCUT2D eigenvalue weighted by molar-refractivity contribution is 7.45. The molecule has 0 saturated carbocycles. The van der Waals surface area contributed by atoms with Gasteiger partial charge in [-0.05, 0) is 12.8 Å². The summed E-state index contributed by atoms with van der Waals surface area (Å²) in [5, 5.41) is 10.1. The van der Waals surface area contributed by atoms with Crippen molar-refractivity contribution in [1.29, 1.82) is 0 Å². The van der Waals surface area contributed by atoms with Crippen molar-refractivity contribution in [3.05, 3.63) is 0 Å². The number of quaternary nitrogens is 1. The minimum atomic E-state index is -4.90. The number of ketones is 1. The van der Waals surface area contributed by atoms with E-state index in [-0.39, 0.29) is 19.4 Å². The fourth-order valence-electron chi connectivity index (χ4n) is 6.10. The number of hydrogen-bond acceptors (Lipinski definition) is 8. The number of esters is 1. The van der Waals surface area contributed by atoms with Gasteiger partial charge >= 0.3 is 5.97 Å². The molecule has 0 aliphatic heterocycles. The number of nitrogens with zero attached hydrogens (tertiary/aromatic N) is 1. The van der Waals surface area contributed by atoms with Crippen molar-refractivity contribution >= 4 is 19.6 Å². The van der Waals surface area contributed by atoms with Crippen molar-refractivity contribution in [2.45, 2.75) is 206 Å². The lowest BCUT2D eigenvalue weighted by atomic mass is 10.0. The Morgan fingerprint density at radius 1 is 0.620 bits per heavy atom. The van der Waals surface area contributed by atoms with Crippen LogP contribution in [0.5, 0.6) is 0 Å². The fraction of sp³-hybridized carbons (Fsp3) is 0.950. The molecule has 0 fully saturated rings. The smallest absolute Gasteiger partial charge is 0.306 e. The molecular formula is C40H80NO8P. The van der Waals surface area contributed by atoms with Crippen LogP contribution >= 0.6 is 7.82 Å². The monoisotopic (exact) mass is 734 g/mol. The summed E-state index contributed by atoms with van der Waals surface area (Å²) in [6.45, 7) is 4.04. The summed E-state index contributed by atoms with van der Waals surface area (Å²) in [5.74, 6) is -1.08. The van der Waals surface area contributed by atoms with Gasteiger partial charge in [0, 0.05) is 12.8 Å². The van der Waals surface area contributed by atoms with Gasteiger partial charge in [-0.1, -0.05) is 168 Å². The molecule has 2 unspecified atom stereocenters. The molecule has 0 aliphatic carbocycles. The molecule has 0 rings (SSSR count). The van der Waals surface area contributed by atoms with Crippen LogP contribution in [-0.2, 0) is 27.9 Å². The Hall–Kier alpha value is -0.830. The van der Waals surface area contributed by atoms with Crippen LogP contribution in [0.4, 0.5) is 0 Å². The maximum atomic E-state index is 13.3. The molecule has 0 spiro atoms. The largest absolute Gasteiger partial charge is 0.756 e. The molecule has 3 atom stereocenters. The molecule has 0 amide bonds. The quantitative estimate of drug-likeness (QED) is 0.0288. The minimum Gasteiger partial charge on any atom is -0.756 e. The molecule has 0 aromatic heterocycles. The summed E-state index contributed by atoms with van der Waals surface area (Å²) in [6, 6.07) is 0. The van der Waals surface area contributed by atoms with E-state index >= 15 is 0 Å². The molecular weight excluding hydrogens is 653 g/mol. The van der Waals surface area contributed by atoms with E-state index in [1.165, 1.54) is 116 Å². The van der Waals surface area contributed by atoms with Gasteiger partial charge in [-0.3, -0.25) is 14.2 Å². The van der Waals surface area contributed by atoms with E-state index in [9.17, 15) is 24.2 Å². The van der Waals surface area contributed by atoms with Crippen molar-refractivity contribution < 1.29 is 42.4 Å². The normalized spacial score (nSPS) is 14.4. The van der Waals surface area contributed by atoms with Gasteiger partial charge in [-0.2, -0.15) is 0 Å². The van der Waals surface area contributed by atoms with E-state index in [2.05, 4.69) is 13.8 Å². The predicted octanol–water partition coefficient (Wildman–Crippen LogP) is 10.00. The van der Waals surface area contributed by atoms with E-state index in [0.29, 0.717) is 23.9 Å². The molecule has 0 aromatic carbocycles. The van der Waals surface area contributed by atoms with Gasteiger partial charge in [0.05, 0.1) is 27.7 Å². The number of hydrogen-bond donors (Lipinski definition) is 1. The van der Waals surface area contributed by atoms with E-state index in [1.807, 2.05) is 21.1 Å². The van der Waals surface area contributed by atoms with Gasteiger partial charge in [0.2, 0.25) is 0 Å². The Bertz CT molecular complexity index is 850. The highest BCUT2D eigenvalue weighted by Crippen LogP contribution is 2.41. The molecule has 0 heterocycles. The summed E-state index contributed by atoms with van der Waals surface area (Å²) in [5.41, 5.74) is 0. The summed E-state index contributed by atoms with van der Waals surface area (Å²) in [4.78, 5) is 38.7. The van der Waals surface area contributed by atoms with Crippen LogP contribution in [0.2, 0.25) is 0 Å². The van der Waals surface area contributed by atoms with Crippen LogP contribution in [0.1, 0.15) is 194 Å². The first-order chi connectivity index (χ1) is 24.0. The summed E-state index contributed by atoms with van der Waals surface area (Å²) >= 11 is 0. The van der Waals surface area contributed by atoms with Crippen LogP contribution in [0.25, 0.3) is 0 Å². The van der Waals surface area contributed by atoms with Gasteiger partial charge in [0.1, 0.15) is 13.2 Å². The maximum Gasteiger partial charge on any atom is 0.306 e. The fourth-order valence-corrected chi connectivity index (χ4v) is 7.00. The average molecular weight is 734 g/mol. The zero-order valence-electron chi connectivity index (χ0n) is 33.3. The van der Waals surface area contributed by atoms with Crippen molar-refractivity contribution in [2.75, 3.05) is 40.9 Å². The standard InChI is InChI=1S/C40H80NO8P/c1-6-8-10-12-14-16-18-19-20-21-23-25-27-29-31-33-39(44)48-38(36-42)40(49-50(45,46)47-35-34-41(3,4)5)37(43)32-30-28-26-24-22-17-15-13-11-9-7-2/h38,40,42H,6-36H2,1-5H3/t38-,40?/m0/s1. The lowest BCUT2D eigenvalue weighted by Gasteiger charge is -2.32. The summed E-state index contributed by atoms with van der Waals surface area (Å²) < 4.78 is 29.0.